The molecule has 176 valence electrons. The lowest BCUT2D eigenvalue weighted by molar-refractivity contribution is -0.120. The lowest BCUT2D eigenvalue weighted by Crippen LogP contribution is -2.24. The number of carbonyl (C=O) groups is 1. The molecule has 0 atom stereocenters. The molecule has 1 N–H and O–H groups in total. The Bertz CT molecular complexity index is 1290. The second-order valence-electron chi connectivity index (χ2n) is 8.15. The number of benzene rings is 4. The molecule has 4 heteroatoms. The summed E-state index contributed by atoms with van der Waals surface area (Å²) in [6.07, 6.45) is 4.54. The summed E-state index contributed by atoms with van der Waals surface area (Å²) < 4.78 is 10.4. The monoisotopic (exact) mass is 463 g/mol. The van der Waals surface area contributed by atoms with E-state index in [-0.39, 0.29) is 5.91 Å². The van der Waals surface area contributed by atoms with Gasteiger partial charge in [-0.25, -0.2) is 0 Å². The first-order valence-corrected chi connectivity index (χ1v) is 11.6. The highest BCUT2D eigenvalue weighted by Gasteiger charge is 2.10. The molecule has 4 aromatic carbocycles. The fourth-order valence-electron chi connectivity index (χ4n) is 3.91. The van der Waals surface area contributed by atoms with Gasteiger partial charge in [-0.05, 0) is 57.6 Å². The van der Waals surface area contributed by atoms with Crippen LogP contribution in [0.4, 0.5) is 0 Å². The van der Waals surface area contributed by atoms with Crippen molar-refractivity contribution in [2.45, 2.75) is 13.0 Å². The molecule has 4 rings (SSSR count). The van der Waals surface area contributed by atoms with E-state index in [1.165, 1.54) is 0 Å². The van der Waals surface area contributed by atoms with E-state index < -0.39 is 0 Å². The number of methoxy groups -OCH3 is 2. The molecule has 1 amide bonds. The van der Waals surface area contributed by atoms with E-state index in [4.69, 9.17) is 9.47 Å². The highest BCUT2D eigenvalue weighted by molar-refractivity contribution is 5.83. The molecule has 0 spiro atoms. The van der Waals surface area contributed by atoms with Crippen LogP contribution < -0.4 is 14.8 Å². The van der Waals surface area contributed by atoms with E-state index in [0.29, 0.717) is 13.0 Å². The van der Waals surface area contributed by atoms with Crippen LogP contribution >= 0.6 is 0 Å². The van der Waals surface area contributed by atoms with E-state index in [2.05, 4.69) is 41.7 Å². The lowest BCUT2D eigenvalue weighted by atomic mass is 9.94. The maximum Gasteiger partial charge on any atom is 0.224 e. The molecular formula is C31H29NO3. The fraction of sp³-hybridized carbons (Fsp3) is 0.129. The highest BCUT2D eigenvalue weighted by Crippen LogP contribution is 2.29. The van der Waals surface area contributed by atoms with Gasteiger partial charge in [0.15, 0.2) is 0 Å². The van der Waals surface area contributed by atoms with Gasteiger partial charge in [-0.2, -0.15) is 0 Å². The van der Waals surface area contributed by atoms with Crippen LogP contribution in [0.3, 0.4) is 0 Å². The largest absolute Gasteiger partial charge is 0.497 e. The Morgan fingerprint density at radius 1 is 0.714 bits per heavy atom. The molecule has 0 radical (unpaired) electrons. The van der Waals surface area contributed by atoms with Crippen molar-refractivity contribution in [2.24, 2.45) is 0 Å². The van der Waals surface area contributed by atoms with Crippen LogP contribution in [0, 0.1) is 0 Å². The Kier molecular flexibility index (Phi) is 7.97. The SMILES string of the molecule is COc1ccc(/C=C/c2ccccc2-c2ccccc2CNC(=O)Cc2ccc(OC)cc2)cc1. The molecule has 0 heterocycles. The summed E-state index contributed by atoms with van der Waals surface area (Å²) in [6, 6.07) is 32.0. The Hall–Kier alpha value is -4.31. The summed E-state index contributed by atoms with van der Waals surface area (Å²) in [6.45, 7) is 0.460. The number of amides is 1. The van der Waals surface area contributed by atoms with Crippen molar-refractivity contribution in [1.82, 2.24) is 5.32 Å². The Balaban J connectivity index is 1.49. The molecule has 0 aliphatic heterocycles. The van der Waals surface area contributed by atoms with E-state index in [9.17, 15) is 4.79 Å². The fourth-order valence-corrected chi connectivity index (χ4v) is 3.91. The van der Waals surface area contributed by atoms with E-state index in [0.717, 1.165) is 44.9 Å². The van der Waals surface area contributed by atoms with Crippen molar-refractivity contribution < 1.29 is 14.3 Å². The van der Waals surface area contributed by atoms with E-state index >= 15 is 0 Å². The minimum absolute atomic E-state index is 0.0161. The Morgan fingerprint density at radius 3 is 2.00 bits per heavy atom. The van der Waals surface area contributed by atoms with Gasteiger partial charge in [0, 0.05) is 6.54 Å². The number of hydrogen-bond donors (Lipinski definition) is 1. The zero-order chi connectivity index (χ0) is 24.5. The van der Waals surface area contributed by atoms with Crippen molar-refractivity contribution in [3.63, 3.8) is 0 Å². The zero-order valence-corrected chi connectivity index (χ0v) is 20.0. The third-order valence-electron chi connectivity index (χ3n) is 5.84. The second kappa shape index (κ2) is 11.7. The molecule has 4 aromatic rings. The molecule has 0 aromatic heterocycles. The van der Waals surface area contributed by atoms with Crippen molar-refractivity contribution >= 4 is 18.1 Å². The van der Waals surface area contributed by atoms with Crippen molar-refractivity contribution in [3.05, 3.63) is 119 Å². The smallest absolute Gasteiger partial charge is 0.224 e. The van der Waals surface area contributed by atoms with Crippen LogP contribution in [-0.4, -0.2) is 20.1 Å². The summed E-state index contributed by atoms with van der Waals surface area (Å²) in [5, 5.41) is 3.07. The summed E-state index contributed by atoms with van der Waals surface area (Å²) >= 11 is 0. The van der Waals surface area contributed by atoms with Crippen LogP contribution in [0.5, 0.6) is 11.5 Å². The van der Waals surface area contributed by atoms with Gasteiger partial charge in [0.25, 0.3) is 0 Å². The summed E-state index contributed by atoms with van der Waals surface area (Å²) in [5.41, 5.74) is 6.45. The number of rotatable bonds is 9. The second-order valence-corrected chi connectivity index (χ2v) is 8.15. The molecule has 0 fully saturated rings. The average molecular weight is 464 g/mol. The van der Waals surface area contributed by atoms with Crippen molar-refractivity contribution in [1.29, 1.82) is 0 Å². The molecule has 0 saturated carbocycles. The molecule has 0 aliphatic rings. The average Bonchev–Trinajstić information content (AvgIpc) is 2.92. The Morgan fingerprint density at radius 2 is 1.31 bits per heavy atom. The molecule has 0 unspecified atom stereocenters. The van der Waals surface area contributed by atoms with Gasteiger partial charge < -0.3 is 14.8 Å². The molecule has 0 saturated heterocycles. The third-order valence-corrected chi connectivity index (χ3v) is 5.84. The van der Waals surface area contributed by atoms with Gasteiger partial charge in [-0.15, -0.1) is 0 Å². The first kappa shape index (κ1) is 23.8. The molecule has 35 heavy (non-hydrogen) atoms. The van der Waals surface area contributed by atoms with Gasteiger partial charge in [-0.3, -0.25) is 4.79 Å². The van der Waals surface area contributed by atoms with Crippen LogP contribution in [-0.2, 0) is 17.8 Å². The highest BCUT2D eigenvalue weighted by atomic mass is 16.5. The third kappa shape index (κ3) is 6.39. The van der Waals surface area contributed by atoms with Gasteiger partial charge >= 0.3 is 0 Å². The van der Waals surface area contributed by atoms with Crippen molar-refractivity contribution in [3.8, 4) is 22.6 Å². The molecule has 0 aliphatic carbocycles. The normalized spacial score (nSPS) is 10.8. The predicted molar refractivity (Wildman–Crippen MR) is 142 cm³/mol. The summed E-state index contributed by atoms with van der Waals surface area (Å²) in [7, 11) is 3.30. The minimum atomic E-state index is -0.0161. The van der Waals surface area contributed by atoms with Crippen LogP contribution in [0.15, 0.2) is 97.1 Å². The van der Waals surface area contributed by atoms with Gasteiger partial charge in [0.2, 0.25) is 5.91 Å². The number of hydrogen-bond acceptors (Lipinski definition) is 3. The predicted octanol–water partition coefficient (Wildman–Crippen LogP) is 6.40. The molecular weight excluding hydrogens is 434 g/mol. The molecule has 4 nitrogen and oxygen atoms in total. The lowest BCUT2D eigenvalue weighted by Gasteiger charge is -2.13. The van der Waals surface area contributed by atoms with Gasteiger partial charge in [0.1, 0.15) is 11.5 Å². The van der Waals surface area contributed by atoms with Crippen LogP contribution in [0.1, 0.15) is 22.3 Å². The van der Waals surface area contributed by atoms with E-state index in [1.54, 1.807) is 14.2 Å². The maximum absolute atomic E-state index is 12.6. The number of nitrogens with one attached hydrogen (secondary N) is 1. The minimum Gasteiger partial charge on any atom is -0.497 e. The number of ether oxygens (including phenoxy) is 2. The quantitative estimate of drug-likeness (QED) is 0.292. The van der Waals surface area contributed by atoms with Gasteiger partial charge in [-0.1, -0.05) is 84.9 Å². The number of carbonyl (C=O) groups excluding carboxylic acids is 1. The van der Waals surface area contributed by atoms with Crippen LogP contribution in [0.25, 0.3) is 23.3 Å². The standard InChI is InChI=1S/C31H29NO3/c1-34-27-17-12-23(13-18-27)11-16-25-7-3-5-9-29(25)30-10-6-4-8-26(30)22-32-31(33)21-24-14-19-28(35-2)20-15-24/h3-20H,21-22H2,1-2H3,(H,32,33)/b16-11+. The van der Waals surface area contributed by atoms with Crippen molar-refractivity contribution in [2.75, 3.05) is 14.2 Å². The van der Waals surface area contributed by atoms with Crippen LogP contribution in [0.2, 0.25) is 0 Å². The summed E-state index contributed by atoms with van der Waals surface area (Å²) in [5.74, 6) is 1.60. The van der Waals surface area contributed by atoms with Gasteiger partial charge in [0.05, 0.1) is 20.6 Å². The maximum atomic E-state index is 12.6. The topological polar surface area (TPSA) is 47.6 Å². The Labute approximate surface area is 206 Å². The summed E-state index contributed by atoms with van der Waals surface area (Å²) in [4.78, 5) is 12.6. The van der Waals surface area contributed by atoms with E-state index in [1.807, 2.05) is 72.8 Å². The molecule has 0 bridgehead atoms. The zero-order valence-electron chi connectivity index (χ0n) is 20.0. The first-order valence-electron chi connectivity index (χ1n) is 11.6. The first-order chi connectivity index (χ1) is 17.2.